The lowest BCUT2D eigenvalue weighted by atomic mass is 9.78. The van der Waals surface area contributed by atoms with Gasteiger partial charge in [0.1, 0.15) is 0 Å². The lowest BCUT2D eigenvalue weighted by Crippen LogP contribution is -2.45. The fourth-order valence-corrected chi connectivity index (χ4v) is 4.56. The van der Waals surface area contributed by atoms with Gasteiger partial charge in [-0.3, -0.25) is 9.69 Å². The first-order valence-corrected chi connectivity index (χ1v) is 8.41. The van der Waals surface area contributed by atoms with Crippen LogP contribution in [0, 0.1) is 11.8 Å². The van der Waals surface area contributed by atoms with E-state index in [2.05, 4.69) is 16.8 Å². The van der Waals surface area contributed by atoms with E-state index in [0.717, 1.165) is 32.4 Å². The summed E-state index contributed by atoms with van der Waals surface area (Å²) in [6.07, 6.45) is 8.38. The predicted molar refractivity (Wildman–Crippen MR) is 80.3 cm³/mol. The number of rotatable bonds is 2. The van der Waals surface area contributed by atoms with Crippen molar-refractivity contribution >= 4 is 5.91 Å². The first-order chi connectivity index (χ1) is 9.70. The van der Waals surface area contributed by atoms with Crippen LogP contribution in [0.15, 0.2) is 0 Å². The van der Waals surface area contributed by atoms with Crippen LogP contribution in [0.1, 0.15) is 44.9 Å². The van der Waals surface area contributed by atoms with Crippen LogP contribution >= 0.6 is 0 Å². The Morgan fingerprint density at radius 3 is 2.65 bits per heavy atom. The van der Waals surface area contributed by atoms with Crippen molar-refractivity contribution in [1.82, 2.24) is 9.80 Å². The second-order valence-electron chi connectivity index (χ2n) is 7.01. The molecule has 0 aromatic carbocycles. The maximum Gasteiger partial charge on any atom is 0.226 e. The minimum Gasteiger partial charge on any atom is -0.341 e. The summed E-state index contributed by atoms with van der Waals surface area (Å²) in [5.41, 5.74) is 5.90. The van der Waals surface area contributed by atoms with Crippen molar-refractivity contribution in [2.24, 2.45) is 17.6 Å². The van der Waals surface area contributed by atoms with Gasteiger partial charge in [-0.15, -0.1) is 0 Å². The van der Waals surface area contributed by atoms with Crippen LogP contribution < -0.4 is 5.73 Å². The molecule has 2 heterocycles. The molecule has 2 aliphatic heterocycles. The minimum absolute atomic E-state index is 0.204. The predicted octanol–water partition coefficient (Wildman–Crippen LogP) is 1.45. The molecule has 4 atom stereocenters. The van der Waals surface area contributed by atoms with E-state index in [4.69, 9.17) is 5.73 Å². The SMILES string of the molecule is CN1C2CCC1CN(C(=O)C1CCCCC1CN)CC2. The van der Waals surface area contributed by atoms with Crippen molar-refractivity contribution in [3.05, 3.63) is 0 Å². The van der Waals surface area contributed by atoms with E-state index >= 15 is 0 Å². The molecule has 1 aliphatic carbocycles. The molecule has 3 aliphatic rings. The van der Waals surface area contributed by atoms with Crippen LogP contribution in [0.2, 0.25) is 0 Å². The lowest BCUT2D eigenvalue weighted by Gasteiger charge is -2.35. The largest absolute Gasteiger partial charge is 0.341 e. The summed E-state index contributed by atoms with van der Waals surface area (Å²) in [6, 6.07) is 1.29. The van der Waals surface area contributed by atoms with Gasteiger partial charge in [0.25, 0.3) is 0 Å². The van der Waals surface area contributed by atoms with Gasteiger partial charge in [-0.25, -0.2) is 0 Å². The number of amides is 1. The summed E-state index contributed by atoms with van der Waals surface area (Å²) in [5, 5.41) is 0. The highest BCUT2D eigenvalue weighted by molar-refractivity contribution is 5.79. The number of hydrogen-bond donors (Lipinski definition) is 1. The maximum absolute atomic E-state index is 12.9. The minimum atomic E-state index is 0.204. The molecule has 1 amide bonds. The molecule has 0 aromatic heterocycles. The Morgan fingerprint density at radius 1 is 1.10 bits per heavy atom. The Morgan fingerprint density at radius 2 is 1.85 bits per heavy atom. The Hall–Kier alpha value is -0.610. The topological polar surface area (TPSA) is 49.6 Å². The van der Waals surface area contributed by atoms with Gasteiger partial charge in [0.15, 0.2) is 0 Å². The smallest absolute Gasteiger partial charge is 0.226 e. The molecule has 20 heavy (non-hydrogen) atoms. The molecule has 0 radical (unpaired) electrons. The van der Waals surface area contributed by atoms with Crippen LogP contribution in [-0.2, 0) is 4.79 Å². The number of nitrogens with two attached hydrogens (primary N) is 1. The molecule has 0 spiro atoms. The van der Waals surface area contributed by atoms with E-state index in [0.29, 0.717) is 30.5 Å². The van der Waals surface area contributed by atoms with E-state index in [1.54, 1.807) is 0 Å². The zero-order valence-corrected chi connectivity index (χ0v) is 12.8. The van der Waals surface area contributed by atoms with E-state index in [1.165, 1.54) is 25.7 Å². The third-order valence-corrected chi connectivity index (χ3v) is 5.99. The summed E-state index contributed by atoms with van der Waals surface area (Å²) in [5.74, 6) is 1.03. The highest BCUT2D eigenvalue weighted by Gasteiger charge is 2.39. The lowest BCUT2D eigenvalue weighted by molar-refractivity contribution is -0.138. The molecule has 1 saturated carbocycles. The molecule has 4 heteroatoms. The Balaban J connectivity index is 1.67. The molecular weight excluding hydrogens is 250 g/mol. The first kappa shape index (κ1) is 14.3. The standard InChI is InChI=1S/C16H29N3O/c1-18-13-6-7-14(18)11-19(9-8-13)16(20)15-5-3-2-4-12(15)10-17/h12-15H,2-11,17H2,1H3. The third kappa shape index (κ3) is 2.60. The van der Waals surface area contributed by atoms with Gasteiger partial charge in [0, 0.05) is 31.1 Å². The summed E-state index contributed by atoms with van der Waals surface area (Å²) >= 11 is 0. The summed E-state index contributed by atoms with van der Waals surface area (Å²) in [4.78, 5) is 17.6. The van der Waals surface area contributed by atoms with Crippen molar-refractivity contribution < 1.29 is 4.79 Å². The van der Waals surface area contributed by atoms with Crippen LogP contribution in [0.3, 0.4) is 0 Å². The normalized spacial score (nSPS) is 38.8. The van der Waals surface area contributed by atoms with Gasteiger partial charge in [-0.05, 0) is 51.6 Å². The van der Waals surface area contributed by atoms with E-state index < -0.39 is 0 Å². The number of carbonyl (C=O) groups excluding carboxylic acids is 1. The number of likely N-dealkylation sites (N-methyl/N-ethyl adjacent to an activating group) is 1. The van der Waals surface area contributed by atoms with Crippen LogP contribution in [-0.4, -0.2) is 54.5 Å². The van der Waals surface area contributed by atoms with Crippen LogP contribution in [0.5, 0.6) is 0 Å². The Kier molecular flexibility index (Phi) is 4.32. The molecule has 3 rings (SSSR count). The third-order valence-electron chi connectivity index (χ3n) is 5.99. The molecule has 2 N–H and O–H groups in total. The fourth-order valence-electron chi connectivity index (χ4n) is 4.56. The van der Waals surface area contributed by atoms with E-state index in [9.17, 15) is 4.79 Å². The average molecular weight is 279 g/mol. The van der Waals surface area contributed by atoms with Gasteiger partial charge in [-0.2, -0.15) is 0 Å². The summed E-state index contributed by atoms with van der Waals surface area (Å²) < 4.78 is 0. The molecule has 4 nitrogen and oxygen atoms in total. The van der Waals surface area contributed by atoms with Gasteiger partial charge in [-0.1, -0.05) is 12.8 Å². The van der Waals surface area contributed by atoms with E-state index in [1.807, 2.05) is 0 Å². The van der Waals surface area contributed by atoms with Crippen LogP contribution in [0.25, 0.3) is 0 Å². The zero-order chi connectivity index (χ0) is 14.1. The first-order valence-electron chi connectivity index (χ1n) is 8.41. The average Bonchev–Trinajstić information content (AvgIpc) is 2.71. The molecule has 114 valence electrons. The maximum atomic E-state index is 12.9. The zero-order valence-electron chi connectivity index (χ0n) is 12.8. The van der Waals surface area contributed by atoms with E-state index in [-0.39, 0.29) is 5.92 Å². The molecule has 2 saturated heterocycles. The van der Waals surface area contributed by atoms with Gasteiger partial charge >= 0.3 is 0 Å². The second-order valence-corrected chi connectivity index (χ2v) is 7.01. The second kappa shape index (κ2) is 6.02. The number of nitrogens with zero attached hydrogens (tertiary/aromatic N) is 2. The van der Waals surface area contributed by atoms with Gasteiger partial charge in [0.2, 0.25) is 5.91 Å². The van der Waals surface area contributed by atoms with Crippen LogP contribution in [0.4, 0.5) is 0 Å². The van der Waals surface area contributed by atoms with Gasteiger partial charge < -0.3 is 10.6 Å². The highest BCUT2D eigenvalue weighted by Crippen LogP contribution is 2.33. The van der Waals surface area contributed by atoms with Crippen molar-refractivity contribution in [2.45, 2.75) is 57.0 Å². The Bertz CT molecular complexity index is 360. The molecule has 2 bridgehead atoms. The van der Waals surface area contributed by atoms with Crippen molar-refractivity contribution in [2.75, 3.05) is 26.7 Å². The summed E-state index contributed by atoms with van der Waals surface area (Å²) in [7, 11) is 2.24. The Labute approximate surface area is 122 Å². The molecule has 0 aromatic rings. The molecule has 4 unspecified atom stereocenters. The monoisotopic (exact) mass is 279 g/mol. The molecular formula is C16H29N3O. The molecule has 3 fully saturated rings. The van der Waals surface area contributed by atoms with Gasteiger partial charge in [0.05, 0.1) is 0 Å². The van der Waals surface area contributed by atoms with Crippen molar-refractivity contribution in [3.8, 4) is 0 Å². The quantitative estimate of drug-likeness (QED) is 0.832. The fraction of sp³-hybridized carbons (Fsp3) is 0.938. The number of likely N-dealkylation sites (tertiary alicyclic amines) is 1. The highest BCUT2D eigenvalue weighted by atomic mass is 16.2. The van der Waals surface area contributed by atoms with Crippen molar-refractivity contribution in [1.29, 1.82) is 0 Å². The number of carbonyl (C=O) groups is 1. The van der Waals surface area contributed by atoms with Crippen molar-refractivity contribution in [3.63, 3.8) is 0 Å². The number of fused-ring (bicyclic) bond motifs is 2. The number of hydrogen-bond acceptors (Lipinski definition) is 3. The summed E-state index contributed by atoms with van der Waals surface area (Å²) in [6.45, 7) is 2.58.